The molecule has 0 N–H and O–H groups in total. The fraction of sp³-hybridized carbons (Fsp3) is 0.0164. The number of benzene rings is 11. The van der Waals surface area contributed by atoms with Crippen LogP contribution in [0.3, 0.4) is 0 Å². The molecule has 1 heterocycles. The summed E-state index contributed by atoms with van der Waals surface area (Å²) in [6.07, 6.45) is 0. The second kappa shape index (κ2) is 12.9. The molecule has 12 aromatic rings. The van der Waals surface area contributed by atoms with Crippen molar-refractivity contribution in [2.75, 3.05) is 4.90 Å². The smallest absolute Gasteiger partial charge is 0.135 e. The van der Waals surface area contributed by atoms with Crippen LogP contribution in [0.1, 0.15) is 22.3 Å². The molecule has 0 aliphatic heterocycles. The number of hydrogen-bond donors (Lipinski definition) is 0. The van der Waals surface area contributed by atoms with Crippen LogP contribution in [0.4, 0.5) is 17.1 Å². The first-order chi connectivity index (χ1) is 31.3. The summed E-state index contributed by atoms with van der Waals surface area (Å²) in [5, 5.41) is 9.77. The van der Waals surface area contributed by atoms with E-state index in [1.807, 2.05) is 6.07 Å². The maximum atomic E-state index is 6.35. The van der Waals surface area contributed by atoms with E-state index in [-0.39, 0.29) is 0 Å². The van der Waals surface area contributed by atoms with E-state index in [2.05, 4.69) is 223 Å². The Kier molecular flexibility index (Phi) is 7.07. The number of hydrogen-bond acceptors (Lipinski definition) is 2. The first-order valence-corrected chi connectivity index (χ1v) is 21.8. The maximum absolute atomic E-state index is 6.35. The van der Waals surface area contributed by atoms with Crippen molar-refractivity contribution in [3.05, 3.63) is 247 Å². The number of fused-ring (bicyclic) bond motifs is 19. The molecule has 0 saturated carbocycles. The van der Waals surface area contributed by atoms with Crippen molar-refractivity contribution in [3.63, 3.8) is 0 Å². The zero-order valence-corrected chi connectivity index (χ0v) is 34.2. The molecule has 292 valence electrons. The maximum Gasteiger partial charge on any atom is 0.135 e. The van der Waals surface area contributed by atoms with Crippen LogP contribution in [-0.4, -0.2) is 0 Å². The second-order valence-electron chi connectivity index (χ2n) is 17.1. The van der Waals surface area contributed by atoms with Gasteiger partial charge in [0.05, 0.1) is 16.8 Å². The van der Waals surface area contributed by atoms with Crippen LogP contribution in [0, 0.1) is 0 Å². The van der Waals surface area contributed by atoms with E-state index < -0.39 is 5.41 Å². The Bertz CT molecular complexity index is 3790. The van der Waals surface area contributed by atoms with E-state index in [1.54, 1.807) is 0 Å². The molecule has 2 heteroatoms. The summed E-state index contributed by atoms with van der Waals surface area (Å²) in [6.45, 7) is 0. The average Bonchev–Trinajstić information content (AvgIpc) is 3.98. The molecule has 0 bridgehead atoms. The molecule has 63 heavy (non-hydrogen) atoms. The van der Waals surface area contributed by atoms with Crippen LogP contribution in [0.2, 0.25) is 0 Å². The molecular weight excluding hydrogens is 763 g/mol. The minimum atomic E-state index is -0.544. The summed E-state index contributed by atoms with van der Waals surface area (Å²) < 4.78 is 6.35. The molecule has 2 aliphatic carbocycles. The van der Waals surface area contributed by atoms with Crippen LogP contribution >= 0.6 is 0 Å². The molecule has 0 fully saturated rings. The van der Waals surface area contributed by atoms with Crippen LogP contribution < -0.4 is 4.90 Å². The highest BCUT2D eigenvalue weighted by atomic mass is 16.3. The minimum absolute atomic E-state index is 0.544. The number of para-hydroxylation sites is 2. The van der Waals surface area contributed by atoms with Crippen molar-refractivity contribution >= 4 is 71.3 Å². The van der Waals surface area contributed by atoms with Crippen molar-refractivity contribution < 1.29 is 4.42 Å². The lowest BCUT2D eigenvalue weighted by atomic mass is 9.70. The minimum Gasteiger partial charge on any atom is -0.456 e. The molecule has 0 atom stereocenters. The molecule has 0 amide bonds. The number of rotatable bonds is 4. The number of anilines is 3. The van der Waals surface area contributed by atoms with Gasteiger partial charge in [-0.3, -0.25) is 0 Å². The highest BCUT2D eigenvalue weighted by Crippen LogP contribution is 2.65. The first-order valence-electron chi connectivity index (χ1n) is 21.8. The lowest BCUT2D eigenvalue weighted by molar-refractivity contribution is 0.669. The van der Waals surface area contributed by atoms with Crippen molar-refractivity contribution in [2.24, 2.45) is 0 Å². The zero-order chi connectivity index (χ0) is 41.2. The fourth-order valence-electron chi connectivity index (χ4n) is 11.6. The van der Waals surface area contributed by atoms with Gasteiger partial charge in [-0.2, -0.15) is 0 Å². The quantitative estimate of drug-likeness (QED) is 0.165. The third kappa shape index (κ3) is 4.62. The summed E-state index contributed by atoms with van der Waals surface area (Å²) in [5.41, 5.74) is 17.3. The van der Waals surface area contributed by atoms with E-state index in [0.717, 1.165) is 50.1 Å². The van der Waals surface area contributed by atoms with E-state index in [9.17, 15) is 0 Å². The molecule has 0 radical (unpaired) electrons. The van der Waals surface area contributed by atoms with Crippen molar-refractivity contribution in [3.8, 4) is 33.4 Å². The van der Waals surface area contributed by atoms with Crippen LogP contribution in [0.25, 0.3) is 87.6 Å². The second-order valence-corrected chi connectivity index (χ2v) is 17.1. The summed E-state index contributed by atoms with van der Waals surface area (Å²) in [7, 11) is 0. The molecule has 1 aromatic heterocycles. The molecular formula is C61H37NO. The van der Waals surface area contributed by atoms with E-state index in [1.165, 1.54) is 76.8 Å². The van der Waals surface area contributed by atoms with Gasteiger partial charge in [-0.15, -0.1) is 0 Å². The van der Waals surface area contributed by atoms with Gasteiger partial charge in [0, 0.05) is 27.6 Å². The van der Waals surface area contributed by atoms with Crippen LogP contribution in [0.15, 0.2) is 229 Å². The van der Waals surface area contributed by atoms with Gasteiger partial charge in [-0.05, 0) is 119 Å². The summed E-state index contributed by atoms with van der Waals surface area (Å²) in [5.74, 6) is 0. The summed E-state index contributed by atoms with van der Waals surface area (Å²) >= 11 is 0. The molecule has 0 saturated heterocycles. The summed E-state index contributed by atoms with van der Waals surface area (Å²) in [4.78, 5) is 2.56. The Labute approximate surface area is 364 Å². The lowest BCUT2D eigenvalue weighted by Crippen LogP contribution is -2.28. The predicted molar refractivity (Wildman–Crippen MR) is 263 cm³/mol. The third-order valence-electron chi connectivity index (χ3n) is 14.1. The molecule has 1 spiro atoms. The predicted octanol–water partition coefficient (Wildman–Crippen LogP) is 16.5. The highest BCUT2D eigenvalue weighted by molar-refractivity contribution is 6.26. The van der Waals surface area contributed by atoms with Crippen LogP contribution in [0.5, 0.6) is 0 Å². The normalized spacial score (nSPS) is 13.2. The third-order valence-corrected chi connectivity index (χ3v) is 14.1. The van der Waals surface area contributed by atoms with Gasteiger partial charge < -0.3 is 9.32 Å². The summed E-state index contributed by atoms with van der Waals surface area (Å²) in [6, 6.07) is 83.1. The Balaban J connectivity index is 1.11. The van der Waals surface area contributed by atoms with Crippen molar-refractivity contribution in [1.82, 2.24) is 0 Å². The van der Waals surface area contributed by atoms with Gasteiger partial charge in [-0.1, -0.05) is 182 Å². The number of furan rings is 1. The monoisotopic (exact) mass is 799 g/mol. The molecule has 2 aliphatic rings. The van der Waals surface area contributed by atoms with Gasteiger partial charge in [0.15, 0.2) is 0 Å². The van der Waals surface area contributed by atoms with Gasteiger partial charge in [-0.25, -0.2) is 0 Å². The molecule has 14 rings (SSSR count). The zero-order valence-electron chi connectivity index (χ0n) is 34.2. The highest BCUT2D eigenvalue weighted by Gasteiger charge is 2.53. The van der Waals surface area contributed by atoms with Gasteiger partial charge in [0.25, 0.3) is 0 Å². The first kappa shape index (κ1) is 34.5. The van der Waals surface area contributed by atoms with Gasteiger partial charge in [0.2, 0.25) is 0 Å². The van der Waals surface area contributed by atoms with Crippen LogP contribution in [-0.2, 0) is 5.41 Å². The Morgan fingerprint density at radius 2 is 0.778 bits per heavy atom. The Morgan fingerprint density at radius 1 is 0.302 bits per heavy atom. The largest absolute Gasteiger partial charge is 0.456 e. The molecule has 11 aromatic carbocycles. The van der Waals surface area contributed by atoms with Gasteiger partial charge >= 0.3 is 0 Å². The van der Waals surface area contributed by atoms with E-state index in [4.69, 9.17) is 4.42 Å². The van der Waals surface area contributed by atoms with Gasteiger partial charge in [0.1, 0.15) is 11.2 Å². The van der Waals surface area contributed by atoms with E-state index in [0.29, 0.717) is 0 Å². The number of nitrogens with zero attached hydrogens (tertiary/aromatic N) is 1. The lowest BCUT2D eigenvalue weighted by Gasteiger charge is -2.36. The van der Waals surface area contributed by atoms with Crippen molar-refractivity contribution in [2.45, 2.75) is 5.41 Å². The Morgan fingerprint density at radius 3 is 1.44 bits per heavy atom. The molecule has 0 unspecified atom stereocenters. The topological polar surface area (TPSA) is 16.4 Å². The standard InChI is InChI=1S/C61H37NO/c1-2-19-43-41(17-1)42-18-3-4-20-44(42)51-37-39(33-34-45(43)51)62(56-29-13-8-16-40(56)38-32-35-59-52(36-38)49-24-9-14-31-58(49)63-59)57-30-15-25-50-48-23-7-12-28-55(48)61(60(50)57)53-26-10-5-21-46(53)47-22-6-11-27-54(47)61/h1-37H. The molecule has 2 nitrogen and oxygen atoms in total. The average molecular weight is 800 g/mol. The van der Waals surface area contributed by atoms with Crippen molar-refractivity contribution in [1.29, 1.82) is 0 Å². The van der Waals surface area contributed by atoms with E-state index >= 15 is 0 Å². The Hall–Kier alpha value is -8.20. The SMILES string of the molecule is c1ccc(N(c2ccc3c4ccccc4c4ccccc4c3c2)c2cccc3c2C2(c4ccccc4-c4ccccc42)c2ccccc2-3)c(-c2ccc3oc4ccccc4c3c2)c1. The fourth-order valence-corrected chi connectivity index (χ4v) is 11.6.